The normalized spacial score (nSPS) is 11.0. The van der Waals surface area contributed by atoms with E-state index < -0.39 is 16.5 Å². The number of carbonyl (C=O) groups excluding carboxylic acids is 1. The minimum atomic E-state index is -0.885. The highest BCUT2D eigenvalue weighted by Gasteiger charge is 2.22. The second-order valence-corrected chi connectivity index (χ2v) is 6.89. The number of H-pyrrole nitrogens is 1. The number of nitro groups is 1. The highest BCUT2D eigenvalue weighted by molar-refractivity contribution is 6.32. The first-order valence-corrected chi connectivity index (χ1v) is 8.98. The van der Waals surface area contributed by atoms with Gasteiger partial charge in [0.2, 0.25) is 0 Å². The lowest BCUT2D eigenvalue weighted by molar-refractivity contribution is -0.384. The van der Waals surface area contributed by atoms with Gasteiger partial charge in [0, 0.05) is 11.6 Å². The second kappa shape index (κ2) is 7.08. The molecule has 2 aromatic carbocycles. The molecule has 150 valence electrons. The van der Waals surface area contributed by atoms with Crippen LogP contribution in [0.1, 0.15) is 16.1 Å². The minimum absolute atomic E-state index is 0.0177. The van der Waals surface area contributed by atoms with Crippen molar-refractivity contribution in [3.05, 3.63) is 79.3 Å². The predicted molar refractivity (Wildman–Crippen MR) is 110 cm³/mol. The third kappa shape index (κ3) is 3.18. The number of hydrogen-bond acceptors (Lipinski definition) is 6. The van der Waals surface area contributed by atoms with Gasteiger partial charge in [-0.1, -0.05) is 29.3 Å². The zero-order chi connectivity index (χ0) is 21.6. The molecule has 2 heterocycles. The number of amides is 1. The molecule has 11 heteroatoms. The molecule has 0 saturated heterocycles. The molecular formula is C19H13ClN6O4. The summed E-state index contributed by atoms with van der Waals surface area (Å²) in [6.45, 7) is 1.90. The van der Waals surface area contributed by atoms with Gasteiger partial charge in [-0.3, -0.25) is 14.9 Å². The van der Waals surface area contributed by atoms with Gasteiger partial charge in [-0.15, -0.1) is 0 Å². The molecule has 0 fully saturated rings. The van der Waals surface area contributed by atoms with Crippen molar-refractivity contribution < 1.29 is 9.72 Å². The van der Waals surface area contributed by atoms with Crippen molar-refractivity contribution >= 4 is 34.4 Å². The van der Waals surface area contributed by atoms with Crippen molar-refractivity contribution in [2.24, 2.45) is 5.73 Å². The highest BCUT2D eigenvalue weighted by atomic mass is 35.5. The molecule has 0 radical (unpaired) electrons. The average Bonchev–Trinajstić information content (AvgIpc) is 3.03. The molecule has 0 unspecified atom stereocenters. The van der Waals surface area contributed by atoms with E-state index in [1.54, 1.807) is 12.1 Å². The fourth-order valence-corrected chi connectivity index (χ4v) is 3.20. The standard InChI is InChI=1S/C19H13ClN6O4/c1-9-2-5-11(6-3-9)25-18-15(23-19(25)28)14(16(21)27)22-17(24-18)10-4-7-12(20)13(8-10)26(29)30/h2-8H,1H3,(H2,21,27)(H,23,28). The van der Waals surface area contributed by atoms with Crippen LogP contribution in [0.15, 0.2) is 47.3 Å². The Bertz CT molecular complexity index is 1390. The number of nitrogens with two attached hydrogens (primary N) is 1. The molecule has 2 aromatic heterocycles. The number of nitrogens with zero attached hydrogens (tertiary/aromatic N) is 4. The largest absolute Gasteiger partial charge is 0.364 e. The Morgan fingerprint density at radius 3 is 2.53 bits per heavy atom. The van der Waals surface area contributed by atoms with Crippen molar-refractivity contribution in [3.8, 4) is 17.1 Å². The molecule has 1 amide bonds. The Hall–Kier alpha value is -4.05. The van der Waals surface area contributed by atoms with Crippen LogP contribution in [-0.4, -0.2) is 30.3 Å². The van der Waals surface area contributed by atoms with Gasteiger partial charge in [-0.05, 0) is 31.2 Å². The fourth-order valence-electron chi connectivity index (χ4n) is 3.02. The Balaban J connectivity index is 2.03. The van der Waals surface area contributed by atoms with Crippen molar-refractivity contribution in [1.29, 1.82) is 0 Å². The maximum Gasteiger partial charge on any atom is 0.332 e. The number of nitrogens with one attached hydrogen (secondary N) is 1. The molecule has 0 aliphatic heterocycles. The predicted octanol–water partition coefficient (Wildman–Crippen LogP) is 2.74. The number of carbonyl (C=O) groups is 1. The number of primary amides is 1. The third-order valence-electron chi connectivity index (χ3n) is 4.46. The van der Waals surface area contributed by atoms with Gasteiger partial charge in [0.25, 0.3) is 11.6 Å². The van der Waals surface area contributed by atoms with Gasteiger partial charge in [0.05, 0.1) is 10.6 Å². The van der Waals surface area contributed by atoms with Crippen LogP contribution in [0, 0.1) is 17.0 Å². The summed E-state index contributed by atoms with van der Waals surface area (Å²) in [5.41, 5.74) is 6.29. The van der Waals surface area contributed by atoms with Crippen LogP contribution in [0.4, 0.5) is 5.69 Å². The van der Waals surface area contributed by atoms with Crippen LogP contribution in [0.2, 0.25) is 5.02 Å². The summed E-state index contributed by atoms with van der Waals surface area (Å²) in [4.78, 5) is 46.3. The van der Waals surface area contributed by atoms with Crippen molar-refractivity contribution in [2.45, 2.75) is 6.92 Å². The maximum absolute atomic E-state index is 12.6. The van der Waals surface area contributed by atoms with Crippen LogP contribution in [0.25, 0.3) is 28.2 Å². The average molecular weight is 425 g/mol. The number of aryl methyl sites for hydroxylation is 1. The fraction of sp³-hybridized carbons (Fsp3) is 0.0526. The Kier molecular flexibility index (Phi) is 4.55. The third-order valence-corrected chi connectivity index (χ3v) is 4.78. The topological polar surface area (TPSA) is 150 Å². The molecule has 0 aliphatic rings. The summed E-state index contributed by atoms with van der Waals surface area (Å²) in [5, 5.41) is 11.2. The number of imidazole rings is 1. The molecule has 0 saturated carbocycles. The van der Waals surface area contributed by atoms with Gasteiger partial charge < -0.3 is 10.7 Å². The van der Waals surface area contributed by atoms with Gasteiger partial charge in [0.15, 0.2) is 17.2 Å². The number of aromatic amines is 1. The van der Waals surface area contributed by atoms with Gasteiger partial charge in [-0.25, -0.2) is 19.3 Å². The van der Waals surface area contributed by atoms with Gasteiger partial charge in [0.1, 0.15) is 10.5 Å². The monoisotopic (exact) mass is 424 g/mol. The zero-order valence-electron chi connectivity index (χ0n) is 15.4. The van der Waals surface area contributed by atoms with Crippen molar-refractivity contribution in [2.75, 3.05) is 0 Å². The molecule has 4 rings (SSSR count). The lowest BCUT2D eigenvalue weighted by Crippen LogP contribution is -2.15. The molecule has 30 heavy (non-hydrogen) atoms. The Morgan fingerprint density at radius 1 is 1.20 bits per heavy atom. The number of halogens is 1. The van der Waals surface area contributed by atoms with Crippen LogP contribution in [0.5, 0.6) is 0 Å². The number of nitro benzene ring substituents is 1. The van der Waals surface area contributed by atoms with Crippen molar-refractivity contribution in [1.82, 2.24) is 19.5 Å². The summed E-state index contributed by atoms with van der Waals surface area (Å²) in [6.07, 6.45) is 0. The van der Waals surface area contributed by atoms with E-state index in [4.69, 9.17) is 17.3 Å². The first-order valence-electron chi connectivity index (χ1n) is 8.60. The van der Waals surface area contributed by atoms with E-state index in [2.05, 4.69) is 15.0 Å². The summed E-state index contributed by atoms with van der Waals surface area (Å²) >= 11 is 5.87. The number of rotatable bonds is 4. The lowest BCUT2D eigenvalue weighted by atomic mass is 10.2. The van der Waals surface area contributed by atoms with Crippen molar-refractivity contribution in [3.63, 3.8) is 0 Å². The Labute approximate surface area is 173 Å². The minimum Gasteiger partial charge on any atom is -0.364 e. The van der Waals surface area contributed by atoms with E-state index in [1.165, 1.54) is 22.8 Å². The molecule has 0 spiro atoms. The van der Waals surface area contributed by atoms with E-state index in [-0.39, 0.29) is 39.0 Å². The molecule has 0 bridgehead atoms. The molecule has 3 N–H and O–H groups in total. The van der Waals surface area contributed by atoms with Gasteiger partial charge in [-0.2, -0.15) is 0 Å². The second-order valence-electron chi connectivity index (χ2n) is 6.48. The van der Waals surface area contributed by atoms with E-state index in [0.29, 0.717) is 5.69 Å². The maximum atomic E-state index is 12.6. The lowest BCUT2D eigenvalue weighted by Gasteiger charge is -2.07. The van der Waals surface area contributed by atoms with Crippen LogP contribution in [-0.2, 0) is 0 Å². The number of benzene rings is 2. The highest BCUT2D eigenvalue weighted by Crippen LogP contribution is 2.30. The number of fused-ring (bicyclic) bond motifs is 1. The number of hydrogen-bond donors (Lipinski definition) is 2. The summed E-state index contributed by atoms with van der Waals surface area (Å²) < 4.78 is 1.27. The summed E-state index contributed by atoms with van der Waals surface area (Å²) in [6, 6.07) is 11.1. The Morgan fingerprint density at radius 2 is 1.90 bits per heavy atom. The quantitative estimate of drug-likeness (QED) is 0.379. The van der Waals surface area contributed by atoms with E-state index in [9.17, 15) is 19.7 Å². The molecule has 0 aliphatic carbocycles. The molecule has 0 atom stereocenters. The molecular weight excluding hydrogens is 412 g/mol. The van der Waals surface area contributed by atoms with E-state index >= 15 is 0 Å². The van der Waals surface area contributed by atoms with Crippen LogP contribution in [0.3, 0.4) is 0 Å². The summed E-state index contributed by atoms with van der Waals surface area (Å²) in [5.74, 6) is -0.902. The van der Waals surface area contributed by atoms with Gasteiger partial charge >= 0.3 is 5.69 Å². The molecule has 10 nitrogen and oxygen atoms in total. The first-order chi connectivity index (χ1) is 14.3. The van der Waals surface area contributed by atoms with Crippen LogP contribution < -0.4 is 11.4 Å². The van der Waals surface area contributed by atoms with Crippen LogP contribution >= 0.6 is 11.6 Å². The summed E-state index contributed by atoms with van der Waals surface area (Å²) in [7, 11) is 0. The first kappa shape index (κ1) is 19.3. The van der Waals surface area contributed by atoms with E-state index in [1.807, 2.05) is 19.1 Å². The zero-order valence-corrected chi connectivity index (χ0v) is 16.2. The van der Waals surface area contributed by atoms with E-state index in [0.717, 1.165) is 5.56 Å². The smallest absolute Gasteiger partial charge is 0.332 e. The SMILES string of the molecule is Cc1ccc(-n2c(=O)[nH]c3c(C(N)=O)nc(-c4ccc(Cl)c([N+](=O)[O-])c4)nc32)cc1. The number of aromatic nitrogens is 4. The molecule has 4 aromatic rings.